The molecule has 0 heterocycles. The second kappa shape index (κ2) is 34.3. The third-order valence-corrected chi connectivity index (χ3v) is 10.9. The zero-order valence-electron chi connectivity index (χ0n) is 43.9. The molecule has 0 aliphatic carbocycles. The molecule has 0 saturated heterocycles. The third kappa shape index (κ3) is 28.8. The fourth-order valence-electron chi connectivity index (χ4n) is 7.09. The van der Waals surface area contributed by atoms with E-state index in [1.54, 1.807) is 41.5 Å². The Labute approximate surface area is 435 Å². The fraction of sp³-hybridized carbons (Fsp3) is 0.717. The smallest absolute Gasteiger partial charge is 0.326 e. The van der Waals surface area contributed by atoms with E-state index in [9.17, 15) is 78.0 Å². The van der Waals surface area contributed by atoms with Crippen molar-refractivity contribution in [3.63, 3.8) is 0 Å². The summed E-state index contributed by atoms with van der Waals surface area (Å²) in [6.45, 7) is 12.8. The lowest BCUT2D eigenvalue weighted by atomic mass is 9.99. The molecule has 0 aromatic rings. The number of nitrogens with two attached hydrogens (primary N) is 4. The van der Waals surface area contributed by atoms with Gasteiger partial charge < -0.3 is 85.9 Å². The first kappa shape index (κ1) is 67.8. The summed E-state index contributed by atoms with van der Waals surface area (Å²) in [6, 6.07) is -13.6. The van der Waals surface area contributed by atoms with Gasteiger partial charge >= 0.3 is 17.9 Å². The summed E-state index contributed by atoms with van der Waals surface area (Å²) in [7, 11) is 0. The van der Waals surface area contributed by atoms with Gasteiger partial charge in [-0.3, -0.25) is 57.7 Å². The van der Waals surface area contributed by atoms with Crippen LogP contribution in [0.1, 0.15) is 126 Å². The number of guanidine groups is 1. The van der Waals surface area contributed by atoms with Crippen LogP contribution in [0.4, 0.5) is 0 Å². The summed E-state index contributed by atoms with van der Waals surface area (Å²) >= 11 is 0. The SMILES string of the molecule is CC(C)C[C@H](NC(=O)[C@H](CCC(=O)O)NC(=O)[C@@H](NC(=O)[C@H](CCCN=C(N)N)NC(=O)[C@H](CCC(N)=O)NC(=O)[C@H](CCC(=O)O)NC(=O)[C@H](CC(C)C)NC(=O)[C@H](CC(C)C)NC(=O)[C@H](C)N)[C@@H](C)O)C(=O)O. The summed E-state index contributed by atoms with van der Waals surface area (Å²) in [6.07, 6.45) is -5.50. The predicted molar refractivity (Wildman–Crippen MR) is 269 cm³/mol. The van der Waals surface area contributed by atoms with Crippen molar-refractivity contribution in [1.82, 2.24) is 42.5 Å². The summed E-state index contributed by atoms with van der Waals surface area (Å²) in [5.74, 6) is -14.1. The maximum Gasteiger partial charge on any atom is 0.326 e. The highest BCUT2D eigenvalue weighted by Gasteiger charge is 2.37. The molecule has 0 bridgehead atoms. The number of aliphatic carboxylic acids is 3. The Morgan fingerprint density at radius 3 is 1.09 bits per heavy atom. The average molecular weight is 1070 g/mol. The van der Waals surface area contributed by atoms with Gasteiger partial charge in [0.05, 0.1) is 12.1 Å². The molecule has 0 fully saturated rings. The van der Waals surface area contributed by atoms with E-state index in [1.807, 2.05) is 0 Å². The van der Waals surface area contributed by atoms with Crippen molar-refractivity contribution in [3.05, 3.63) is 0 Å². The normalized spacial score (nSPS) is 15.2. The highest BCUT2D eigenvalue weighted by Crippen LogP contribution is 2.13. The van der Waals surface area contributed by atoms with Crippen LogP contribution in [-0.2, 0) is 57.5 Å². The van der Waals surface area contributed by atoms with Gasteiger partial charge in [-0.15, -0.1) is 0 Å². The number of hydrogen-bond acceptors (Lipinski definition) is 15. The van der Waals surface area contributed by atoms with Crippen LogP contribution in [-0.4, -0.2) is 164 Å². The number of carbonyl (C=O) groups excluding carboxylic acids is 9. The number of hydrogen-bond donors (Lipinski definition) is 16. The highest BCUT2D eigenvalue weighted by atomic mass is 16.4. The maximum atomic E-state index is 14.1. The summed E-state index contributed by atoms with van der Waals surface area (Å²) in [5.41, 5.74) is 21.9. The maximum absolute atomic E-state index is 14.1. The van der Waals surface area contributed by atoms with Gasteiger partial charge in [-0.25, -0.2) is 4.79 Å². The summed E-state index contributed by atoms with van der Waals surface area (Å²) in [5, 5.41) is 58.4. The Morgan fingerprint density at radius 2 is 0.747 bits per heavy atom. The molecule has 0 radical (unpaired) electrons. The highest BCUT2D eigenvalue weighted by molar-refractivity contribution is 5.98. The number of aliphatic hydroxyl groups is 1. The van der Waals surface area contributed by atoms with Crippen LogP contribution in [0.5, 0.6) is 0 Å². The van der Waals surface area contributed by atoms with Crippen LogP contribution in [0.3, 0.4) is 0 Å². The van der Waals surface area contributed by atoms with Crippen molar-refractivity contribution in [1.29, 1.82) is 0 Å². The predicted octanol–water partition coefficient (Wildman–Crippen LogP) is -4.14. The molecular weight excluding hydrogens is 991 g/mol. The molecular formula is C46H81N13O16. The number of amides is 9. The molecule has 0 aliphatic rings. The van der Waals surface area contributed by atoms with Crippen LogP contribution in [0, 0.1) is 17.8 Å². The molecule has 20 N–H and O–H groups in total. The van der Waals surface area contributed by atoms with E-state index in [0.717, 1.165) is 6.92 Å². The molecule has 0 aliphatic heterocycles. The molecule has 10 atom stereocenters. The number of rotatable bonds is 37. The van der Waals surface area contributed by atoms with Gasteiger partial charge in [0.15, 0.2) is 5.96 Å². The first-order valence-corrected chi connectivity index (χ1v) is 24.6. The van der Waals surface area contributed by atoms with Gasteiger partial charge in [0.2, 0.25) is 53.2 Å². The molecule has 29 heteroatoms. The van der Waals surface area contributed by atoms with E-state index in [2.05, 4.69) is 47.5 Å². The van der Waals surface area contributed by atoms with E-state index in [-0.39, 0.29) is 62.4 Å². The Kier molecular flexibility index (Phi) is 31.1. The van der Waals surface area contributed by atoms with Gasteiger partial charge in [0.25, 0.3) is 0 Å². The van der Waals surface area contributed by atoms with Crippen molar-refractivity contribution in [2.45, 2.75) is 186 Å². The van der Waals surface area contributed by atoms with Crippen LogP contribution in [0.15, 0.2) is 4.99 Å². The lowest BCUT2D eigenvalue weighted by molar-refractivity contribution is -0.143. The Hall–Kier alpha value is -7.17. The number of carbonyl (C=O) groups is 12. The molecule has 426 valence electrons. The van der Waals surface area contributed by atoms with Crippen LogP contribution >= 0.6 is 0 Å². The fourth-order valence-corrected chi connectivity index (χ4v) is 7.09. The van der Waals surface area contributed by atoms with E-state index in [1.165, 1.54) is 6.92 Å². The average Bonchev–Trinajstić information content (AvgIpc) is 3.28. The number of carboxylic acids is 3. The first-order valence-electron chi connectivity index (χ1n) is 24.6. The van der Waals surface area contributed by atoms with Crippen molar-refractivity contribution in [2.24, 2.45) is 45.7 Å². The second-order valence-electron chi connectivity index (χ2n) is 19.5. The number of nitrogens with one attached hydrogen (secondary N) is 8. The minimum atomic E-state index is -1.91. The molecule has 0 aromatic heterocycles. The molecule has 75 heavy (non-hydrogen) atoms. The van der Waals surface area contributed by atoms with Crippen LogP contribution in [0.2, 0.25) is 0 Å². The van der Waals surface area contributed by atoms with Crippen molar-refractivity contribution in [2.75, 3.05) is 6.54 Å². The lowest BCUT2D eigenvalue weighted by Crippen LogP contribution is -2.61. The number of primary amides is 1. The van der Waals surface area contributed by atoms with E-state index in [4.69, 9.17) is 22.9 Å². The van der Waals surface area contributed by atoms with Crippen molar-refractivity contribution in [3.8, 4) is 0 Å². The number of nitrogens with zero attached hydrogens (tertiary/aromatic N) is 1. The molecule has 0 saturated carbocycles. The first-order chi connectivity index (χ1) is 34.7. The second-order valence-corrected chi connectivity index (χ2v) is 19.5. The van der Waals surface area contributed by atoms with Crippen molar-refractivity contribution >= 4 is 77.0 Å². The van der Waals surface area contributed by atoms with E-state index in [0.29, 0.717) is 0 Å². The molecule has 29 nitrogen and oxygen atoms in total. The quantitative estimate of drug-likeness (QED) is 0.0160. The molecule has 0 spiro atoms. The number of aliphatic hydroxyl groups excluding tert-OH is 1. The van der Waals surface area contributed by atoms with Gasteiger partial charge in [0.1, 0.15) is 48.3 Å². The van der Waals surface area contributed by atoms with Gasteiger partial charge in [-0.1, -0.05) is 41.5 Å². The molecule has 9 amide bonds. The van der Waals surface area contributed by atoms with Gasteiger partial charge in [-0.2, -0.15) is 0 Å². The van der Waals surface area contributed by atoms with E-state index >= 15 is 0 Å². The number of aliphatic imine (C=N–C) groups is 1. The molecule has 0 unspecified atom stereocenters. The molecule has 0 aromatic carbocycles. The summed E-state index contributed by atoms with van der Waals surface area (Å²) in [4.78, 5) is 160. The number of carboxylic acid groups (broad SMARTS) is 3. The topological polar surface area (TPSA) is 498 Å². The standard InChI is InChI=1S/C46H81N13O16/c1-21(2)18-30(56-37(66)24(7)47)43(72)57-31(19-22(3)4)42(71)54-28(12-15-34(62)63)39(68)53-27(11-14-33(48)61)38(67)52-26(10-9-17-51-46(49)50)41(70)59-36(25(8)60)44(73)55-29(13-16-35(64)65)40(69)58-32(45(74)75)20-23(5)6/h21-32,36,60H,9-20,47H2,1-8H3,(H2,48,61)(H,52,67)(H,53,68)(H,54,71)(H,55,73)(H,56,66)(H,57,72)(H,58,69)(H,59,70)(H,62,63)(H,64,65)(H,74,75)(H4,49,50,51)/t24-,25+,26-,27-,28-,29-,30-,31-,32-,36-/m0/s1. The Bertz CT molecular complexity index is 2010. The van der Waals surface area contributed by atoms with Crippen LogP contribution in [0.25, 0.3) is 0 Å². The zero-order chi connectivity index (χ0) is 57.9. The Morgan fingerprint density at radius 1 is 0.427 bits per heavy atom. The Balaban J connectivity index is 6.98. The minimum absolute atomic E-state index is 0.000620. The van der Waals surface area contributed by atoms with Gasteiger partial charge in [0, 0.05) is 25.8 Å². The minimum Gasteiger partial charge on any atom is -0.481 e. The van der Waals surface area contributed by atoms with Crippen molar-refractivity contribution < 1.29 is 78.0 Å². The zero-order valence-corrected chi connectivity index (χ0v) is 43.9. The van der Waals surface area contributed by atoms with Gasteiger partial charge in [-0.05, 0) is 83.0 Å². The summed E-state index contributed by atoms with van der Waals surface area (Å²) < 4.78 is 0. The van der Waals surface area contributed by atoms with Crippen LogP contribution < -0.4 is 65.5 Å². The third-order valence-electron chi connectivity index (χ3n) is 10.9. The monoisotopic (exact) mass is 1070 g/mol. The largest absolute Gasteiger partial charge is 0.481 e. The van der Waals surface area contributed by atoms with E-state index < -0.39 is 170 Å². The lowest BCUT2D eigenvalue weighted by Gasteiger charge is -2.29. The molecule has 0 rings (SSSR count).